The summed E-state index contributed by atoms with van der Waals surface area (Å²) in [6, 6.07) is -0.872. The molecular weight excluding hydrogens is 1060 g/mol. The highest BCUT2D eigenvalue weighted by Gasteiger charge is 2.28. The molecule has 0 aromatic rings. The Balaban J connectivity index is 4.13. The minimum absolute atomic E-state index is 0.0523. The van der Waals surface area contributed by atoms with Crippen LogP contribution in [0.1, 0.15) is 309 Å². The van der Waals surface area contributed by atoms with Crippen molar-refractivity contribution in [2.75, 3.05) is 40.9 Å². The van der Waals surface area contributed by atoms with Crippen LogP contribution in [-0.2, 0) is 18.4 Å². The third-order valence-corrected chi connectivity index (χ3v) is 16.5. The van der Waals surface area contributed by atoms with Crippen molar-refractivity contribution in [2.45, 2.75) is 321 Å². The Hall–Kier alpha value is -2.84. The van der Waals surface area contributed by atoms with Crippen LogP contribution < -0.4 is 5.32 Å². The van der Waals surface area contributed by atoms with E-state index in [2.05, 4.69) is 116 Å². The van der Waals surface area contributed by atoms with E-state index in [4.69, 9.17) is 9.05 Å². The number of quaternary nitrogens is 1. The van der Waals surface area contributed by atoms with Gasteiger partial charge in [-0.05, 0) is 89.9 Å². The van der Waals surface area contributed by atoms with Gasteiger partial charge in [-0.3, -0.25) is 13.8 Å². The van der Waals surface area contributed by atoms with Gasteiger partial charge in [0, 0.05) is 6.42 Å². The van der Waals surface area contributed by atoms with Gasteiger partial charge in [0.15, 0.2) is 0 Å². The van der Waals surface area contributed by atoms with Gasteiger partial charge in [-0.1, -0.05) is 322 Å². The third kappa shape index (κ3) is 66.7. The molecule has 0 aromatic carbocycles. The van der Waals surface area contributed by atoms with Crippen molar-refractivity contribution < 1.29 is 32.9 Å². The molecule has 0 heterocycles. The average Bonchev–Trinajstić information content (AvgIpc) is 3.56. The number of nitrogens with zero attached hydrogens (tertiary/aromatic N) is 1. The summed E-state index contributed by atoms with van der Waals surface area (Å²) in [5, 5.41) is 14.0. The molecule has 0 spiro atoms. The number of hydrogen-bond donors (Lipinski definition) is 3. The predicted molar refractivity (Wildman–Crippen MR) is 369 cm³/mol. The fourth-order valence-corrected chi connectivity index (χ4v) is 10.8. The number of aliphatic hydroxyl groups excluding tert-OH is 1. The quantitative estimate of drug-likeness (QED) is 0.0243. The summed E-state index contributed by atoms with van der Waals surface area (Å²) in [4.78, 5) is 23.4. The highest BCUT2D eigenvalue weighted by atomic mass is 31.2. The number of aliphatic hydroxyl groups is 1. The maximum Gasteiger partial charge on any atom is 0.472 e. The van der Waals surface area contributed by atoms with E-state index in [-0.39, 0.29) is 19.1 Å². The zero-order valence-corrected chi connectivity index (χ0v) is 56.5. The summed E-state index contributed by atoms with van der Waals surface area (Å²) >= 11 is 0. The molecule has 3 atom stereocenters. The summed E-state index contributed by atoms with van der Waals surface area (Å²) in [5.41, 5.74) is 0. The van der Waals surface area contributed by atoms with Gasteiger partial charge in [0.2, 0.25) is 5.91 Å². The van der Waals surface area contributed by atoms with Crippen LogP contribution >= 0.6 is 7.82 Å². The Morgan fingerprint density at radius 2 is 0.726 bits per heavy atom. The van der Waals surface area contributed by atoms with Gasteiger partial charge in [0.05, 0.1) is 39.9 Å². The second-order valence-electron chi connectivity index (χ2n) is 24.9. The third-order valence-electron chi connectivity index (χ3n) is 15.5. The molecule has 84 heavy (non-hydrogen) atoms. The van der Waals surface area contributed by atoms with Gasteiger partial charge < -0.3 is 19.8 Å². The number of phosphoric acid groups is 1. The van der Waals surface area contributed by atoms with Gasteiger partial charge in [0.1, 0.15) is 13.2 Å². The Bertz CT molecular complexity index is 1740. The molecule has 0 rings (SSSR count). The second kappa shape index (κ2) is 64.6. The minimum Gasteiger partial charge on any atom is -0.387 e. The monoisotopic (exact) mass is 1190 g/mol. The van der Waals surface area contributed by atoms with Crippen molar-refractivity contribution >= 4 is 13.7 Å². The number of phosphoric ester groups is 1. The number of carbonyl (C=O) groups is 1. The van der Waals surface area contributed by atoms with Crippen LogP contribution in [0.15, 0.2) is 109 Å². The lowest BCUT2D eigenvalue weighted by atomic mass is 10.0. The largest absolute Gasteiger partial charge is 0.472 e. The number of allylic oxidation sites excluding steroid dienone is 17. The molecule has 3 unspecified atom stereocenters. The average molecular weight is 1190 g/mol. The van der Waals surface area contributed by atoms with Gasteiger partial charge in [-0.25, -0.2) is 4.57 Å². The molecule has 8 nitrogen and oxygen atoms in total. The smallest absolute Gasteiger partial charge is 0.387 e. The fourth-order valence-electron chi connectivity index (χ4n) is 10.0. The zero-order chi connectivity index (χ0) is 61.2. The lowest BCUT2D eigenvalue weighted by Gasteiger charge is -2.25. The van der Waals surface area contributed by atoms with Crippen molar-refractivity contribution in [2.24, 2.45) is 0 Å². The van der Waals surface area contributed by atoms with E-state index < -0.39 is 20.0 Å². The Labute approximate surface area is 521 Å². The lowest BCUT2D eigenvalue weighted by Crippen LogP contribution is -2.45. The number of hydrogen-bond acceptors (Lipinski definition) is 5. The highest BCUT2D eigenvalue weighted by Crippen LogP contribution is 2.43. The van der Waals surface area contributed by atoms with Crippen LogP contribution in [0.5, 0.6) is 0 Å². The summed E-state index contributed by atoms with van der Waals surface area (Å²) < 4.78 is 23.8. The van der Waals surface area contributed by atoms with Crippen molar-refractivity contribution in [3.8, 4) is 0 Å². The topological polar surface area (TPSA) is 105 Å². The molecule has 0 radical (unpaired) electrons. The first-order chi connectivity index (χ1) is 41.0. The van der Waals surface area contributed by atoms with E-state index in [0.717, 1.165) is 83.5 Å². The van der Waals surface area contributed by atoms with E-state index in [9.17, 15) is 19.4 Å². The van der Waals surface area contributed by atoms with Crippen LogP contribution in [0.4, 0.5) is 0 Å². The van der Waals surface area contributed by atoms with Gasteiger partial charge in [-0.2, -0.15) is 0 Å². The van der Waals surface area contributed by atoms with Crippen molar-refractivity contribution in [1.29, 1.82) is 0 Å². The van der Waals surface area contributed by atoms with E-state index in [1.807, 2.05) is 27.2 Å². The predicted octanol–water partition coefficient (Wildman–Crippen LogP) is 22.7. The molecule has 3 N–H and O–H groups in total. The number of amides is 1. The number of unbranched alkanes of at least 4 members (excludes halogenated alkanes) is 35. The molecule has 0 fully saturated rings. The standard InChI is InChI=1S/C75H135N2O6P/c1-6-8-10-12-14-16-18-20-22-24-26-28-30-32-34-35-36-37-38-39-40-41-43-45-47-49-51-53-55-57-59-61-63-65-67-69-75(79)76-73(72-83-84(80,81)82-71-70-77(3,4)5)74(78)68-66-64-62-60-58-56-54-52-50-48-46-44-42-33-31-29-27-25-23-21-19-17-15-13-11-9-7-2/h8,10,14,16,20,22,26,28,32,34,36-37,39-40,58,60,66,68,73-74,78H,6-7,9,11-13,15,17-19,21,23-25,27,29-31,33,35,38,41-57,59,61-65,67,69-72H2,1-5H3,(H-,76,79,80,81)/p+1/b10-8-,16-14-,22-20-,28-26-,34-32-,37-36-,40-39-,60-58+,68-66+. The van der Waals surface area contributed by atoms with Gasteiger partial charge >= 0.3 is 7.82 Å². The van der Waals surface area contributed by atoms with E-state index in [1.54, 1.807) is 6.08 Å². The molecule has 0 aliphatic rings. The lowest BCUT2D eigenvalue weighted by molar-refractivity contribution is -0.870. The Morgan fingerprint density at radius 3 is 1.10 bits per heavy atom. The maximum atomic E-state index is 13.1. The first-order valence-corrected chi connectivity index (χ1v) is 36.8. The number of rotatable bonds is 64. The first kappa shape index (κ1) is 81.2. The van der Waals surface area contributed by atoms with Gasteiger partial charge in [-0.15, -0.1) is 0 Å². The van der Waals surface area contributed by atoms with Gasteiger partial charge in [0.25, 0.3) is 0 Å². The number of carbonyl (C=O) groups excluding carboxylic acids is 1. The zero-order valence-electron chi connectivity index (χ0n) is 55.6. The van der Waals surface area contributed by atoms with Crippen molar-refractivity contribution in [3.05, 3.63) is 109 Å². The van der Waals surface area contributed by atoms with Crippen LogP contribution in [0.2, 0.25) is 0 Å². The minimum atomic E-state index is -4.37. The summed E-state index contributed by atoms with van der Waals surface area (Å²) in [5.74, 6) is -0.189. The van der Waals surface area contributed by atoms with Crippen LogP contribution in [0, 0.1) is 0 Å². The molecular formula is C75H136N2O6P+. The molecule has 0 bridgehead atoms. The fraction of sp³-hybridized carbons (Fsp3) is 0.747. The van der Waals surface area contributed by atoms with E-state index in [0.29, 0.717) is 17.4 Å². The van der Waals surface area contributed by atoms with Crippen molar-refractivity contribution in [3.63, 3.8) is 0 Å². The summed E-state index contributed by atoms with van der Waals surface area (Å²) in [6.07, 6.45) is 95.2. The molecule has 0 aliphatic carbocycles. The summed E-state index contributed by atoms with van der Waals surface area (Å²) in [7, 11) is 1.55. The molecule has 0 aliphatic heterocycles. The summed E-state index contributed by atoms with van der Waals surface area (Å²) in [6.45, 7) is 4.71. The second-order valence-corrected chi connectivity index (χ2v) is 26.3. The first-order valence-electron chi connectivity index (χ1n) is 35.3. The van der Waals surface area contributed by atoms with Crippen molar-refractivity contribution in [1.82, 2.24) is 5.32 Å². The van der Waals surface area contributed by atoms with Crippen LogP contribution in [0.3, 0.4) is 0 Å². The molecule has 0 aromatic heterocycles. The molecule has 0 saturated carbocycles. The molecule has 486 valence electrons. The van der Waals surface area contributed by atoms with Crippen LogP contribution in [0.25, 0.3) is 0 Å². The number of likely N-dealkylation sites (N-methyl/N-ethyl adjacent to an activating group) is 1. The van der Waals surface area contributed by atoms with Crippen LogP contribution in [-0.4, -0.2) is 73.4 Å². The number of nitrogens with one attached hydrogen (secondary N) is 1. The van der Waals surface area contributed by atoms with E-state index in [1.165, 1.54) is 205 Å². The van der Waals surface area contributed by atoms with E-state index >= 15 is 0 Å². The SMILES string of the molecule is CC/C=C\C/C=C\C/C=C\C/C=C\C/C=C\C/C=C\C/C=C\CCCCCCCCCCCCCCCC(=O)NC(COP(=O)(O)OCC[N+](C)(C)C)C(O)/C=C/CC/C=C/CCCCCCCCCCCCCCCCCCCCCCC. The maximum absolute atomic E-state index is 13.1. The molecule has 9 heteroatoms. The Kier molecular flexibility index (Phi) is 62.4. The highest BCUT2D eigenvalue weighted by molar-refractivity contribution is 7.47. The molecule has 0 saturated heterocycles. The molecule has 1 amide bonds. The normalized spacial score (nSPS) is 14.3. The Morgan fingerprint density at radius 1 is 0.417 bits per heavy atom.